The number of carbonyl (C=O) groups excluding carboxylic acids is 1. The van der Waals surface area contributed by atoms with Crippen molar-refractivity contribution in [2.75, 3.05) is 18.6 Å². The number of hydrogen-bond acceptors (Lipinski definition) is 3. The molecular formula is C14H15BrN2O3S. The van der Waals surface area contributed by atoms with E-state index in [1.807, 2.05) is 18.2 Å². The van der Waals surface area contributed by atoms with E-state index in [1.54, 1.807) is 13.1 Å². The Kier molecular flexibility index (Phi) is 3.57. The summed E-state index contributed by atoms with van der Waals surface area (Å²) in [6, 6.07) is 7.29. The highest BCUT2D eigenvalue weighted by molar-refractivity contribution is 9.10. The van der Waals surface area contributed by atoms with Crippen LogP contribution < -0.4 is 0 Å². The fourth-order valence-electron chi connectivity index (χ4n) is 2.66. The Morgan fingerprint density at radius 1 is 1.38 bits per heavy atom. The Hall–Kier alpha value is -1.34. The first kappa shape index (κ1) is 14.6. The van der Waals surface area contributed by atoms with E-state index in [1.165, 1.54) is 4.90 Å². The lowest BCUT2D eigenvalue weighted by molar-refractivity contribution is 0.0743. The molecule has 0 saturated carbocycles. The molecule has 5 nitrogen and oxygen atoms in total. The van der Waals surface area contributed by atoms with Gasteiger partial charge in [0.25, 0.3) is 5.91 Å². The largest absolute Gasteiger partial charge is 0.351 e. The lowest BCUT2D eigenvalue weighted by Crippen LogP contribution is -2.37. The minimum absolute atomic E-state index is 0.0566. The number of rotatable bonds is 2. The molecule has 112 valence electrons. The summed E-state index contributed by atoms with van der Waals surface area (Å²) in [4.78, 5) is 17.1. The van der Waals surface area contributed by atoms with E-state index in [0.717, 1.165) is 15.4 Å². The van der Waals surface area contributed by atoms with Crippen LogP contribution in [0.3, 0.4) is 0 Å². The number of nitrogens with one attached hydrogen (secondary N) is 1. The van der Waals surface area contributed by atoms with Gasteiger partial charge in [-0.15, -0.1) is 0 Å². The Morgan fingerprint density at radius 2 is 2.14 bits per heavy atom. The minimum Gasteiger partial charge on any atom is -0.351 e. The molecule has 2 heterocycles. The third-order valence-electron chi connectivity index (χ3n) is 3.89. The van der Waals surface area contributed by atoms with Gasteiger partial charge >= 0.3 is 0 Å². The Balaban J connectivity index is 1.86. The molecule has 0 radical (unpaired) electrons. The van der Waals surface area contributed by atoms with Gasteiger partial charge in [0.05, 0.1) is 11.5 Å². The molecule has 0 bridgehead atoms. The molecule has 2 aromatic rings. The number of halogens is 1. The molecular weight excluding hydrogens is 356 g/mol. The molecule has 3 rings (SSSR count). The van der Waals surface area contributed by atoms with Crippen molar-refractivity contribution in [3.8, 4) is 0 Å². The van der Waals surface area contributed by atoms with Gasteiger partial charge in [-0.05, 0) is 30.7 Å². The quantitative estimate of drug-likeness (QED) is 0.880. The summed E-state index contributed by atoms with van der Waals surface area (Å²) in [6.07, 6.45) is 0.510. The van der Waals surface area contributed by atoms with Gasteiger partial charge in [-0.2, -0.15) is 0 Å². The number of carbonyl (C=O) groups is 1. The number of amides is 1. The lowest BCUT2D eigenvalue weighted by atomic mass is 10.2. The van der Waals surface area contributed by atoms with Crippen LogP contribution in [0.4, 0.5) is 0 Å². The maximum Gasteiger partial charge on any atom is 0.270 e. The van der Waals surface area contributed by atoms with E-state index in [-0.39, 0.29) is 23.5 Å². The molecule has 1 saturated heterocycles. The number of hydrogen-bond donors (Lipinski definition) is 1. The summed E-state index contributed by atoms with van der Waals surface area (Å²) in [5.74, 6) is 0.0417. The third-order valence-corrected chi connectivity index (χ3v) is 6.13. The van der Waals surface area contributed by atoms with E-state index in [2.05, 4.69) is 20.9 Å². The summed E-state index contributed by atoms with van der Waals surface area (Å²) in [5.41, 5.74) is 1.36. The Bertz CT molecular complexity index is 813. The lowest BCUT2D eigenvalue weighted by Gasteiger charge is -2.22. The van der Waals surface area contributed by atoms with Gasteiger partial charge in [0.2, 0.25) is 0 Å². The van der Waals surface area contributed by atoms with Gasteiger partial charge in [-0.3, -0.25) is 4.79 Å². The number of H-pyrrole nitrogens is 1. The SMILES string of the molecule is CN(C(=O)c1cc2cc(Br)ccc2[nH]1)[C@H]1CCS(=O)(=O)C1. The maximum atomic E-state index is 12.5. The van der Waals surface area contributed by atoms with Crippen molar-refractivity contribution in [2.45, 2.75) is 12.5 Å². The maximum absolute atomic E-state index is 12.5. The molecule has 1 atom stereocenters. The van der Waals surface area contributed by atoms with Crippen LogP contribution in [0.1, 0.15) is 16.9 Å². The molecule has 1 aliphatic rings. The zero-order valence-corrected chi connectivity index (χ0v) is 13.9. The van der Waals surface area contributed by atoms with Gasteiger partial charge in [0.1, 0.15) is 5.69 Å². The summed E-state index contributed by atoms with van der Waals surface area (Å²) in [5, 5.41) is 0.945. The summed E-state index contributed by atoms with van der Waals surface area (Å²) in [7, 11) is -1.33. The number of aromatic nitrogens is 1. The summed E-state index contributed by atoms with van der Waals surface area (Å²) in [6.45, 7) is 0. The van der Waals surface area contributed by atoms with Crippen LogP contribution >= 0.6 is 15.9 Å². The van der Waals surface area contributed by atoms with Crippen molar-refractivity contribution < 1.29 is 13.2 Å². The van der Waals surface area contributed by atoms with E-state index >= 15 is 0 Å². The fourth-order valence-corrected chi connectivity index (χ4v) is 4.81. The van der Waals surface area contributed by atoms with Crippen LogP contribution in [-0.4, -0.2) is 48.8 Å². The molecule has 1 fully saturated rings. The summed E-state index contributed by atoms with van der Waals surface area (Å²) >= 11 is 3.40. The smallest absolute Gasteiger partial charge is 0.270 e. The molecule has 1 N–H and O–H groups in total. The second-order valence-corrected chi connectivity index (χ2v) is 8.53. The van der Waals surface area contributed by atoms with Gasteiger partial charge in [0, 0.05) is 28.5 Å². The third kappa shape index (κ3) is 2.85. The monoisotopic (exact) mass is 370 g/mol. The van der Waals surface area contributed by atoms with Crippen LogP contribution in [0.2, 0.25) is 0 Å². The minimum atomic E-state index is -3.00. The molecule has 0 unspecified atom stereocenters. The van der Waals surface area contributed by atoms with Crippen molar-refractivity contribution in [1.82, 2.24) is 9.88 Å². The fraction of sp³-hybridized carbons (Fsp3) is 0.357. The molecule has 1 aliphatic heterocycles. The first-order valence-corrected chi connectivity index (χ1v) is 9.23. The van der Waals surface area contributed by atoms with Crippen molar-refractivity contribution in [2.24, 2.45) is 0 Å². The topological polar surface area (TPSA) is 70.2 Å². The summed E-state index contributed by atoms with van der Waals surface area (Å²) < 4.78 is 24.0. The highest BCUT2D eigenvalue weighted by Crippen LogP contribution is 2.23. The average Bonchev–Trinajstić information content (AvgIpc) is 2.99. The molecule has 1 aromatic carbocycles. The van der Waals surface area contributed by atoms with Crippen LogP contribution in [0, 0.1) is 0 Å². The average molecular weight is 371 g/mol. The second-order valence-electron chi connectivity index (χ2n) is 5.39. The van der Waals surface area contributed by atoms with Gasteiger partial charge in [-0.25, -0.2) is 8.42 Å². The number of benzene rings is 1. The first-order chi connectivity index (χ1) is 9.85. The van der Waals surface area contributed by atoms with Gasteiger partial charge in [-0.1, -0.05) is 15.9 Å². The number of fused-ring (bicyclic) bond motifs is 1. The predicted octanol–water partition coefficient (Wildman–Crippen LogP) is 2.19. The highest BCUT2D eigenvalue weighted by atomic mass is 79.9. The molecule has 21 heavy (non-hydrogen) atoms. The number of sulfone groups is 1. The molecule has 1 amide bonds. The van der Waals surface area contributed by atoms with Crippen molar-refractivity contribution in [3.05, 3.63) is 34.4 Å². The zero-order chi connectivity index (χ0) is 15.2. The standard InChI is InChI=1S/C14H15BrN2O3S/c1-17(11-4-5-21(19,20)8-11)14(18)13-7-9-6-10(15)2-3-12(9)16-13/h2-3,6-7,11,16H,4-5,8H2,1H3/t11-/m0/s1. The van der Waals surface area contributed by atoms with E-state index in [0.29, 0.717) is 12.1 Å². The second kappa shape index (κ2) is 5.14. The number of nitrogens with zero attached hydrogens (tertiary/aromatic N) is 1. The van der Waals surface area contributed by atoms with Crippen molar-refractivity contribution in [3.63, 3.8) is 0 Å². The predicted molar refractivity (Wildman–Crippen MR) is 85.2 cm³/mol. The van der Waals surface area contributed by atoms with Crippen molar-refractivity contribution in [1.29, 1.82) is 0 Å². The van der Waals surface area contributed by atoms with Crippen LogP contribution in [-0.2, 0) is 9.84 Å². The van der Waals surface area contributed by atoms with Crippen LogP contribution in [0.25, 0.3) is 10.9 Å². The molecule has 0 spiro atoms. The molecule has 7 heteroatoms. The Morgan fingerprint density at radius 3 is 2.81 bits per heavy atom. The van der Waals surface area contributed by atoms with Crippen LogP contribution in [0.15, 0.2) is 28.7 Å². The first-order valence-electron chi connectivity index (χ1n) is 6.61. The molecule has 0 aliphatic carbocycles. The van der Waals surface area contributed by atoms with E-state index in [9.17, 15) is 13.2 Å². The van der Waals surface area contributed by atoms with E-state index in [4.69, 9.17) is 0 Å². The van der Waals surface area contributed by atoms with Crippen LogP contribution in [0.5, 0.6) is 0 Å². The molecule has 1 aromatic heterocycles. The Labute approximate surface area is 131 Å². The van der Waals surface area contributed by atoms with Gasteiger partial charge in [0.15, 0.2) is 9.84 Å². The number of aromatic amines is 1. The van der Waals surface area contributed by atoms with Crippen molar-refractivity contribution >= 4 is 42.6 Å². The van der Waals surface area contributed by atoms with E-state index < -0.39 is 9.84 Å². The zero-order valence-electron chi connectivity index (χ0n) is 11.5. The normalized spacial score (nSPS) is 20.8. The van der Waals surface area contributed by atoms with Gasteiger partial charge < -0.3 is 9.88 Å². The highest BCUT2D eigenvalue weighted by Gasteiger charge is 2.33.